The summed E-state index contributed by atoms with van der Waals surface area (Å²) in [6.07, 6.45) is 0. The molecule has 0 aliphatic heterocycles. The smallest absolute Gasteiger partial charge is 0.263 e. The number of nitrogens with one attached hydrogen (secondary N) is 2. The fourth-order valence-corrected chi connectivity index (χ4v) is 5.91. The van der Waals surface area contributed by atoms with Crippen molar-refractivity contribution in [3.8, 4) is 11.3 Å². The predicted octanol–water partition coefficient (Wildman–Crippen LogP) is 4.79. The van der Waals surface area contributed by atoms with Crippen molar-refractivity contribution in [2.24, 2.45) is 0 Å². The van der Waals surface area contributed by atoms with Crippen molar-refractivity contribution in [1.82, 2.24) is 10.2 Å². The maximum atomic E-state index is 13.2. The highest BCUT2D eigenvalue weighted by atomic mass is 32.2. The number of aromatic amines is 1. The van der Waals surface area contributed by atoms with Gasteiger partial charge in [0.05, 0.1) is 5.69 Å². The van der Waals surface area contributed by atoms with Crippen LogP contribution in [0.1, 0.15) is 32.1 Å². The normalized spacial score (nSPS) is 11.8. The Bertz CT molecular complexity index is 1090. The number of sulfonamides is 1. The van der Waals surface area contributed by atoms with E-state index in [0.717, 1.165) is 32.1 Å². The third kappa shape index (κ3) is 3.17. The summed E-state index contributed by atoms with van der Waals surface area (Å²) < 4.78 is 29.1. The van der Waals surface area contributed by atoms with Crippen molar-refractivity contribution in [2.45, 2.75) is 46.4 Å². The van der Waals surface area contributed by atoms with Gasteiger partial charge in [0, 0.05) is 26.7 Å². The van der Waals surface area contributed by atoms with Gasteiger partial charge in [0.15, 0.2) is 0 Å². The first-order valence-electron chi connectivity index (χ1n) is 8.34. The lowest BCUT2D eigenvalue weighted by atomic mass is 10.1. The molecule has 26 heavy (non-hydrogen) atoms. The summed E-state index contributed by atoms with van der Waals surface area (Å²) in [6, 6.07) is 5.56. The van der Waals surface area contributed by atoms with Crippen LogP contribution in [-0.2, 0) is 10.0 Å². The van der Waals surface area contributed by atoms with E-state index in [2.05, 4.69) is 14.9 Å². The molecule has 1 aromatic carbocycles. The molecule has 0 saturated heterocycles. The molecule has 0 bridgehead atoms. The van der Waals surface area contributed by atoms with Crippen LogP contribution >= 0.6 is 11.3 Å². The Labute approximate surface area is 158 Å². The van der Waals surface area contributed by atoms with Crippen LogP contribution in [0.2, 0.25) is 0 Å². The zero-order valence-corrected chi connectivity index (χ0v) is 17.4. The fourth-order valence-electron chi connectivity index (χ4n) is 3.00. The molecule has 0 atom stereocenters. The molecule has 0 radical (unpaired) electrons. The molecule has 2 N–H and O–H groups in total. The summed E-state index contributed by atoms with van der Waals surface area (Å²) in [7, 11) is -3.73. The quantitative estimate of drug-likeness (QED) is 0.674. The minimum atomic E-state index is -3.73. The van der Waals surface area contributed by atoms with Crippen molar-refractivity contribution in [3.05, 3.63) is 50.3 Å². The monoisotopic (exact) mass is 389 g/mol. The molecule has 0 unspecified atom stereocenters. The molecule has 0 fully saturated rings. The molecule has 2 heterocycles. The number of benzene rings is 1. The maximum absolute atomic E-state index is 13.2. The van der Waals surface area contributed by atoms with Gasteiger partial charge in [-0.2, -0.15) is 5.10 Å². The van der Waals surface area contributed by atoms with Gasteiger partial charge in [0.25, 0.3) is 10.0 Å². The van der Waals surface area contributed by atoms with Crippen LogP contribution in [0.3, 0.4) is 0 Å². The Morgan fingerprint density at radius 2 is 1.69 bits per heavy atom. The molecule has 0 amide bonds. The molecule has 0 spiro atoms. The topological polar surface area (TPSA) is 74.8 Å². The van der Waals surface area contributed by atoms with Crippen LogP contribution < -0.4 is 4.72 Å². The van der Waals surface area contributed by atoms with E-state index in [0.29, 0.717) is 21.8 Å². The minimum absolute atomic E-state index is 0.313. The number of nitrogens with zero attached hydrogens (tertiary/aromatic N) is 1. The van der Waals surface area contributed by atoms with Crippen LogP contribution in [0.25, 0.3) is 11.3 Å². The number of aromatic nitrogens is 2. The SMILES string of the molecule is Cc1ccc(NS(=O)(=O)c2c(C)sc(C)c2-c2n[nH]c(C)c2C)cc1C. The summed E-state index contributed by atoms with van der Waals surface area (Å²) in [5, 5.41) is 7.31. The predicted molar refractivity (Wildman–Crippen MR) is 108 cm³/mol. The highest BCUT2D eigenvalue weighted by molar-refractivity contribution is 7.93. The lowest BCUT2D eigenvalue weighted by Crippen LogP contribution is -2.14. The van der Waals surface area contributed by atoms with Crippen LogP contribution in [-0.4, -0.2) is 18.6 Å². The molecule has 3 aromatic rings. The van der Waals surface area contributed by atoms with Crippen molar-refractivity contribution in [2.75, 3.05) is 4.72 Å². The summed E-state index contributed by atoms with van der Waals surface area (Å²) >= 11 is 1.48. The first kappa shape index (κ1) is 18.7. The molecular formula is C19H23N3O2S2. The number of H-pyrrole nitrogens is 1. The van der Waals surface area contributed by atoms with Crippen molar-refractivity contribution in [3.63, 3.8) is 0 Å². The molecule has 0 aliphatic carbocycles. The van der Waals surface area contributed by atoms with E-state index in [9.17, 15) is 8.42 Å². The second-order valence-electron chi connectivity index (χ2n) is 6.65. The summed E-state index contributed by atoms with van der Waals surface area (Å²) in [4.78, 5) is 2.01. The lowest BCUT2D eigenvalue weighted by Gasteiger charge is -2.12. The second-order valence-corrected chi connectivity index (χ2v) is 9.69. The highest BCUT2D eigenvalue weighted by Crippen LogP contribution is 2.40. The first-order chi connectivity index (χ1) is 12.1. The number of rotatable bonds is 4. The van der Waals surface area contributed by atoms with Crippen LogP contribution in [0.4, 0.5) is 5.69 Å². The van der Waals surface area contributed by atoms with Crippen LogP contribution in [0, 0.1) is 41.5 Å². The highest BCUT2D eigenvalue weighted by Gasteiger charge is 2.28. The fraction of sp³-hybridized carbons (Fsp3) is 0.316. The third-order valence-corrected chi connectivity index (χ3v) is 7.42. The Kier molecular flexibility index (Phi) is 4.71. The summed E-state index contributed by atoms with van der Waals surface area (Å²) in [6.45, 7) is 11.6. The Morgan fingerprint density at radius 3 is 2.27 bits per heavy atom. The van der Waals surface area contributed by atoms with Gasteiger partial charge in [-0.3, -0.25) is 9.82 Å². The average molecular weight is 390 g/mol. The minimum Gasteiger partial charge on any atom is -0.282 e. The van der Waals surface area contributed by atoms with E-state index in [1.165, 1.54) is 11.3 Å². The van der Waals surface area contributed by atoms with Gasteiger partial charge in [-0.05, 0) is 70.4 Å². The summed E-state index contributed by atoms with van der Waals surface area (Å²) in [5.41, 5.74) is 6.02. The van der Waals surface area contributed by atoms with Gasteiger partial charge in [-0.1, -0.05) is 6.07 Å². The number of aryl methyl sites for hydroxylation is 5. The Hall–Kier alpha value is -2.12. The lowest BCUT2D eigenvalue weighted by molar-refractivity contribution is 0.601. The van der Waals surface area contributed by atoms with Crippen molar-refractivity contribution >= 4 is 27.0 Å². The van der Waals surface area contributed by atoms with Crippen molar-refractivity contribution < 1.29 is 8.42 Å². The van der Waals surface area contributed by atoms with Gasteiger partial charge in [-0.25, -0.2) is 8.42 Å². The van der Waals surface area contributed by atoms with Gasteiger partial charge in [0.1, 0.15) is 4.90 Å². The van der Waals surface area contributed by atoms with E-state index >= 15 is 0 Å². The van der Waals surface area contributed by atoms with Gasteiger partial charge < -0.3 is 0 Å². The number of hydrogen-bond donors (Lipinski definition) is 2. The number of anilines is 1. The zero-order valence-electron chi connectivity index (χ0n) is 15.8. The molecular weight excluding hydrogens is 366 g/mol. The molecule has 0 aliphatic rings. The summed E-state index contributed by atoms with van der Waals surface area (Å²) in [5.74, 6) is 0. The van der Waals surface area contributed by atoms with E-state index in [4.69, 9.17) is 0 Å². The first-order valence-corrected chi connectivity index (χ1v) is 10.6. The molecule has 138 valence electrons. The van der Waals surface area contributed by atoms with E-state index < -0.39 is 10.0 Å². The zero-order chi connectivity index (χ0) is 19.2. The van der Waals surface area contributed by atoms with Gasteiger partial charge >= 0.3 is 0 Å². The van der Waals surface area contributed by atoms with E-state index in [1.54, 1.807) is 6.07 Å². The Morgan fingerprint density at radius 1 is 1.00 bits per heavy atom. The maximum Gasteiger partial charge on any atom is 0.263 e. The third-order valence-electron chi connectivity index (χ3n) is 4.72. The number of thiophene rings is 1. The molecule has 7 heteroatoms. The van der Waals surface area contributed by atoms with Crippen LogP contribution in [0.5, 0.6) is 0 Å². The number of hydrogen-bond acceptors (Lipinski definition) is 4. The average Bonchev–Trinajstić information content (AvgIpc) is 3.02. The molecule has 5 nitrogen and oxygen atoms in total. The second kappa shape index (κ2) is 6.55. The van der Waals surface area contributed by atoms with E-state index in [1.807, 2.05) is 53.7 Å². The molecule has 0 saturated carbocycles. The van der Waals surface area contributed by atoms with Gasteiger partial charge in [-0.15, -0.1) is 11.3 Å². The van der Waals surface area contributed by atoms with Crippen LogP contribution in [0.15, 0.2) is 23.1 Å². The molecule has 3 rings (SSSR count). The standard InChI is InChI=1S/C19H23N3O2S2/c1-10-7-8-16(9-11(10)2)22-26(23,24)19-15(6)25-14(5)17(19)18-12(3)13(4)20-21-18/h7-9,22H,1-6H3,(H,20,21). The molecule has 2 aromatic heterocycles. The van der Waals surface area contributed by atoms with Crippen molar-refractivity contribution in [1.29, 1.82) is 0 Å². The van der Waals surface area contributed by atoms with E-state index in [-0.39, 0.29) is 0 Å². The largest absolute Gasteiger partial charge is 0.282 e. The Balaban J connectivity index is 2.13. The van der Waals surface area contributed by atoms with Gasteiger partial charge in [0.2, 0.25) is 0 Å².